The zero-order chi connectivity index (χ0) is 18.0. The molecular weight excluding hydrogens is 316 g/mol. The van der Waals surface area contributed by atoms with Crippen molar-refractivity contribution >= 4 is 17.7 Å². The number of fused-ring (bicyclic) bond motifs is 1. The van der Waals surface area contributed by atoms with Crippen LogP contribution >= 0.6 is 0 Å². The van der Waals surface area contributed by atoms with E-state index in [1.54, 1.807) is 28.4 Å². The van der Waals surface area contributed by atoms with Crippen LogP contribution in [-0.2, 0) is 6.42 Å². The number of methoxy groups -OCH3 is 4. The van der Waals surface area contributed by atoms with Crippen LogP contribution in [0.2, 0.25) is 0 Å². The minimum atomic E-state index is 0.695. The molecule has 4 heteroatoms. The molecule has 0 aliphatic heterocycles. The zero-order valence-corrected chi connectivity index (χ0v) is 15.0. The lowest BCUT2D eigenvalue weighted by atomic mass is 9.97. The monoisotopic (exact) mass is 338 g/mol. The first-order valence-electron chi connectivity index (χ1n) is 7.99. The van der Waals surface area contributed by atoms with Crippen LogP contribution in [0.1, 0.15) is 22.3 Å². The molecule has 0 fully saturated rings. The SMILES string of the molecule is C=Cc1cc(OC)c(OC)cc1C1=Cc2cc(OC)c(OC)cc2C1. The molecule has 0 aromatic heterocycles. The minimum absolute atomic E-state index is 0.695. The van der Waals surface area contributed by atoms with Crippen LogP contribution in [0.25, 0.3) is 17.7 Å². The lowest BCUT2D eigenvalue weighted by Crippen LogP contribution is -1.96. The van der Waals surface area contributed by atoms with Crippen LogP contribution in [0.4, 0.5) is 0 Å². The summed E-state index contributed by atoms with van der Waals surface area (Å²) < 4.78 is 21.7. The van der Waals surface area contributed by atoms with Gasteiger partial charge in [-0.25, -0.2) is 0 Å². The molecule has 3 rings (SSSR count). The zero-order valence-electron chi connectivity index (χ0n) is 15.0. The van der Waals surface area contributed by atoms with Crippen LogP contribution in [0.3, 0.4) is 0 Å². The van der Waals surface area contributed by atoms with Gasteiger partial charge in [-0.15, -0.1) is 0 Å². The number of hydrogen-bond acceptors (Lipinski definition) is 4. The van der Waals surface area contributed by atoms with E-state index in [0.717, 1.165) is 34.6 Å². The van der Waals surface area contributed by atoms with Gasteiger partial charge in [0.15, 0.2) is 23.0 Å². The molecule has 0 saturated carbocycles. The molecule has 0 saturated heterocycles. The van der Waals surface area contributed by atoms with Crippen LogP contribution < -0.4 is 18.9 Å². The maximum atomic E-state index is 5.46. The lowest BCUT2D eigenvalue weighted by Gasteiger charge is -2.14. The molecular formula is C21H22O4. The number of hydrogen-bond donors (Lipinski definition) is 0. The molecule has 0 bridgehead atoms. The Hall–Kier alpha value is -2.88. The average molecular weight is 338 g/mol. The van der Waals surface area contributed by atoms with Crippen LogP contribution in [-0.4, -0.2) is 28.4 Å². The molecule has 2 aromatic carbocycles. The van der Waals surface area contributed by atoms with Gasteiger partial charge in [0.1, 0.15) is 0 Å². The summed E-state index contributed by atoms with van der Waals surface area (Å²) in [5.74, 6) is 2.87. The lowest BCUT2D eigenvalue weighted by molar-refractivity contribution is 0.354. The first-order chi connectivity index (χ1) is 12.1. The molecule has 0 atom stereocenters. The van der Waals surface area contributed by atoms with Gasteiger partial charge in [-0.05, 0) is 58.5 Å². The van der Waals surface area contributed by atoms with E-state index in [1.165, 1.54) is 11.1 Å². The molecule has 1 aliphatic rings. The summed E-state index contributed by atoms with van der Waals surface area (Å²) in [4.78, 5) is 0. The van der Waals surface area contributed by atoms with Crippen molar-refractivity contribution in [2.75, 3.05) is 28.4 Å². The summed E-state index contributed by atoms with van der Waals surface area (Å²) in [5, 5.41) is 0. The van der Waals surface area contributed by atoms with Crippen molar-refractivity contribution < 1.29 is 18.9 Å². The van der Waals surface area contributed by atoms with Crippen molar-refractivity contribution in [3.8, 4) is 23.0 Å². The predicted octanol–water partition coefficient (Wildman–Crippen LogP) is 4.46. The maximum absolute atomic E-state index is 5.46. The number of rotatable bonds is 6. The van der Waals surface area contributed by atoms with Crippen LogP contribution in [0.15, 0.2) is 30.8 Å². The highest BCUT2D eigenvalue weighted by atomic mass is 16.5. The number of ether oxygens (including phenoxy) is 4. The molecule has 25 heavy (non-hydrogen) atoms. The highest BCUT2D eigenvalue weighted by molar-refractivity contribution is 5.92. The Labute approximate surface area is 148 Å². The summed E-state index contributed by atoms with van der Waals surface area (Å²) in [6, 6.07) is 8.00. The smallest absolute Gasteiger partial charge is 0.161 e. The summed E-state index contributed by atoms with van der Waals surface area (Å²) >= 11 is 0. The van der Waals surface area contributed by atoms with Gasteiger partial charge < -0.3 is 18.9 Å². The molecule has 0 unspecified atom stereocenters. The molecule has 0 spiro atoms. The van der Waals surface area contributed by atoms with Crippen LogP contribution in [0, 0.1) is 0 Å². The van der Waals surface area contributed by atoms with Crippen LogP contribution in [0.5, 0.6) is 23.0 Å². The molecule has 0 radical (unpaired) electrons. The quantitative estimate of drug-likeness (QED) is 0.779. The Morgan fingerprint density at radius 3 is 1.96 bits per heavy atom. The standard InChI is InChI=1S/C21H22O4/c1-6-13-9-18(22-2)21(25-5)12-17(13)16-7-14-10-19(23-3)20(24-4)11-15(14)8-16/h6-7,9-12H,1,8H2,2-5H3. The Kier molecular flexibility index (Phi) is 4.70. The first-order valence-corrected chi connectivity index (χ1v) is 7.99. The molecule has 0 heterocycles. The van der Waals surface area contributed by atoms with E-state index in [9.17, 15) is 0 Å². The van der Waals surface area contributed by atoms with Crippen molar-refractivity contribution in [2.45, 2.75) is 6.42 Å². The first kappa shape index (κ1) is 17.0. The fourth-order valence-electron chi connectivity index (χ4n) is 3.18. The third-order valence-electron chi connectivity index (χ3n) is 4.48. The largest absolute Gasteiger partial charge is 0.493 e. The summed E-state index contributed by atoms with van der Waals surface area (Å²) in [5.41, 5.74) is 5.63. The van der Waals surface area contributed by atoms with Crippen molar-refractivity contribution in [2.24, 2.45) is 0 Å². The Morgan fingerprint density at radius 2 is 1.36 bits per heavy atom. The summed E-state index contributed by atoms with van der Waals surface area (Å²) in [6.45, 7) is 3.93. The average Bonchev–Trinajstić information content (AvgIpc) is 3.08. The molecule has 2 aromatic rings. The molecule has 0 amide bonds. The van der Waals surface area contributed by atoms with E-state index in [-0.39, 0.29) is 0 Å². The summed E-state index contributed by atoms with van der Waals surface area (Å²) in [6.07, 6.45) is 4.82. The Balaban J connectivity index is 2.07. The highest BCUT2D eigenvalue weighted by Gasteiger charge is 2.21. The van der Waals surface area contributed by atoms with E-state index in [1.807, 2.05) is 30.3 Å². The normalized spacial score (nSPS) is 12.2. The number of benzene rings is 2. The van der Waals surface area contributed by atoms with Gasteiger partial charge in [-0.3, -0.25) is 0 Å². The third kappa shape index (κ3) is 2.95. The van der Waals surface area contributed by atoms with Crippen molar-refractivity contribution in [3.05, 3.63) is 53.1 Å². The van der Waals surface area contributed by atoms with E-state index >= 15 is 0 Å². The van der Waals surface area contributed by atoms with Gasteiger partial charge in [-0.2, -0.15) is 0 Å². The Morgan fingerprint density at radius 1 is 0.800 bits per heavy atom. The third-order valence-corrected chi connectivity index (χ3v) is 4.48. The second-order valence-electron chi connectivity index (χ2n) is 5.75. The van der Waals surface area contributed by atoms with Crippen molar-refractivity contribution in [3.63, 3.8) is 0 Å². The molecule has 130 valence electrons. The fourth-order valence-corrected chi connectivity index (χ4v) is 3.18. The predicted molar refractivity (Wildman–Crippen MR) is 101 cm³/mol. The highest BCUT2D eigenvalue weighted by Crippen LogP contribution is 2.42. The van der Waals surface area contributed by atoms with Gasteiger partial charge in [0.25, 0.3) is 0 Å². The van der Waals surface area contributed by atoms with Crippen molar-refractivity contribution in [1.29, 1.82) is 0 Å². The number of allylic oxidation sites excluding steroid dienone is 1. The topological polar surface area (TPSA) is 36.9 Å². The van der Waals surface area contributed by atoms with E-state index < -0.39 is 0 Å². The molecule has 4 nitrogen and oxygen atoms in total. The molecule has 0 N–H and O–H groups in total. The van der Waals surface area contributed by atoms with E-state index in [2.05, 4.69) is 12.7 Å². The minimum Gasteiger partial charge on any atom is -0.493 e. The maximum Gasteiger partial charge on any atom is 0.161 e. The Bertz CT molecular complexity index is 849. The van der Waals surface area contributed by atoms with Crippen molar-refractivity contribution in [1.82, 2.24) is 0 Å². The van der Waals surface area contributed by atoms with E-state index in [4.69, 9.17) is 18.9 Å². The van der Waals surface area contributed by atoms with E-state index in [0.29, 0.717) is 11.5 Å². The van der Waals surface area contributed by atoms with Gasteiger partial charge >= 0.3 is 0 Å². The fraction of sp³-hybridized carbons (Fsp3) is 0.238. The second-order valence-corrected chi connectivity index (χ2v) is 5.75. The second kappa shape index (κ2) is 6.93. The summed E-state index contributed by atoms with van der Waals surface area (Å²) in [7, 11) is 6.57. The molecule has 1 aliphatic carbocycles. The van der Waals surface area contributed by atoms with Gasteiger partial charge in [-0.1, -0.05) is 18.7 Å². The van der Waals surface area contributed by atoms with Gasteiger partial charge in [0.2, 0.25) is 0 Å². The van der Waals surface area contributed by atoms with Gasteiger partial charge in [0.05, 0.1) is 28.4 Å². The van der Waals surface area contributed by atoms with Gasteiger partial charge in [0, 0.05) is 0 Å².